The van der Waals surface area contributed by atoms with Crippen LogP contribution < -0.4 is 10.1 Å². The quantitative estimate of drug-likeness (QED) is 0.335. The van der Waals surface area contributed by atoms with E-state index in [0.717, 1.165) is 16.4 Å². The Kier molecular flexibility index (Phi) is 5.73. The lowest BCUT2D eigenvalue weighted by Gasteiger charge is -2.27. The Balaban J connectivity index is 2.14. The van der Waals surface area contributed by atoms with Crippen LogP contribution in [0.2, 0.25) is 0 Å². The summed E-state index contributed by atoms with van der Waals surface area (Å²) in [4.78, 5) is 9.41. The Morgan fingerprint density at radius 3 is 2.17 bits per heavy atom. The minimum absolute atomic E-state index is 0.0295. The van der Waals surface area contributed by atoms with Gasteiger partial charge in [0, 0.05) is 44.4 Å². The molecule has 156 valence electrons. The van der Waals surface area contributed by atoms with E-state index in [-0.39, 0.29) is 19.2 Å². The maximum Gasteiger partial charge on any atom is 0.271 e. The summed E-state index contributed by atoms with van der Waals surface area (Å²) < 4.78 is 86.5. The van der Waals surface area contributed by atoms with Crippen molar-refractivity contribution in [2.24, 2.45) is 0 Å². The molecule has 29 heavy (non-hydrogen) atoms. The third kappa shape index (κ3) is 4.02. The van der Waals surface area contributed by atoms with Crippen molar-refractivity contribution in [1.82, 2.24) is 9.62 Å². The fourth-order valence-corrected chi connectivity index (χ4v) is 4.25. The lowest BCUT2D eigenvalue weighted by atomic mass is 10.2. The maximum absolute atomic E-state index is 13.9. The van der Waals surface area contributed by atoms with Crippen LogP contribution in [0.1, 0.15) is 0 Å². The van der Waals surface area contributed by atoms with Gasteiger partial charge >= 0.3 is 0 Å². The summed E-state index contributed by atoms with van der Waals surface area (Å²) in [6.07, 6.45) is 0. The van der Waals surface area contributed by atoms with Crippen molar-refractivity contribution in [3.05, 3.63) is 57.6 Å². The van der Waals surface area contributed by atoms with Gasteiger partial charge in [-0.05, 0) is 6.07 Å². The van der Waals surface area contributed by atoms with Gasteiger partial charge in [0.25, 0.3) is 5.69 Å². The van der Waals surface area contributed by atoms with Gasteiger partial charge in [-0.25, -0.2) is 17.2 Å². The van der Waals surface area contributed by atoms with Crippen molar-refractivity contribution >= 4 is 15.7 Å². The highest BCUT2D eigenvalue weighted by molar-refractivity contribution is 7.89. The average molecular weight is 435 g/mol. The summed E-state index contributed by atoms with van der Waals surface area (Å²) in [6.45, 7) is 0.676. The van der Waals surface area contributed by atoms with Crippen molar-refractivity contribution < 1.29 is 35.6 Å². The maximum atomic E-state index is 13.9. The lowest BCUT2D eigenvalue weighted by molar-refractivity contribution is -0.385. The Hall–Kier alpha value is -2.77. The second kappa shape index (κ2) is 7.93. The van der Waals surface area contributed by atoms with Crippen LogP contribution in [0.25, 0.3) is 0 Å². The monoisotopic (exact) mass is 435 g/mol. The van der Waals surface area contributed by atoms with E-state index >= 15 is 0 Å². The van der Waals surface area contributed by atoms with E-state index in [1.807, 2.05) is 0 Å². The molecule has 0 radical (unpaired) electrons. The first-order valence-corrected chi connectivity index (χ1v) is 9.57. The number of nitrogens with one attached hydrogen (secondary N) is 1. The van der Waals surface area contributed by atoms with E-state index < -0.39 is 60.3 Å². The number of piperazine rings is 1. The fraction of sp³-hybridized carbons (Fsp3) is 0.250. The van der Waals surface area contributed by atoms with Crippen molar-refractivity contribution in [3.63, 3.8) is 0 Å². The minimum Gasteiger partial charge on any atom is -0.449 e. The molecular formula is C16H13F4N3O5S. The number of nitrogens with zero attached hydrogens (tertiary/aromatic N) is 2. The van der Waals surface area contributed by atoms with Crippen molar-refractivity contribution in [1.29, 1.82) is 0 Å². The van der Waals surface area contributed by atoms with Crippen molar-refractivity contribution in [2.45, 2.75) is 4.90 Å². The summed E-state index contributed by atoms with van der Waals surface area (Å²) >= 11 is 0. The molecule has 2 aromatic rings. The van der Waals surface area contributed by atoms with E-state index in [4.69, 9.17) is 4.74 Å². The summed E-state index contributed by atoms with van der Waals surface area (Å²) in [5.74, 6) is -9.51. The molecule has 1 fully saturated rings. The molecule has 0 spiro atoms. The van der Waals surface area contributed by atoms with Gasteiger partial charge in [0.05, 0.1) is 4.92 Å². The smallest absolute Gasteiger partial charge is 0.271 e. The first-order valence-electron chi connectivity index (χ1n) is 8.13. The van der Waals surface area contributed by atoms with Crippen LogP contribution in [0.3, 0.4) is 0 Å². The molecule has 1 N–H and O–H groups in total. The van der Waals surface area contributed by atoms with E-state index in [9.17, 15) is 36.1 Å². The Labute approximate surface area is 161 Å². The van der Waals surface area contributed by atoms with Crippen LogP contribution >= 0.6 is 0 Å². The second-order valence-electron chi connectivity index (χ2n) is 5.94. The molecule has 0 aromatic heterocycles. The highest BCUT2D eigenvalue weighted by Gasteiger charge is 2.32. The van der Waals surface area contributed by atoms with Gasteiger partial charge in [0.2, 0.25) is 27.4 Å². The Morgan fingerprint density at radius 1 is 1.03 bits per heavy atom. The molecule has 2 aromatic carbocycles. The summed E-state index contributed by atoms with van der Waals surface area (Å²) in [5.41, 5.74) is -0.627. The van der Waals surface area contributed by atoms with Crippen molar-refractivity contribution in [2.75, 3.05) is 26.2 Å². The number of nitro benzene ring substituents is 1. The van der Waals surface area contributed by atoms with Crippen LogP contribution in [0.4, 0.5) is 23.2 Å². The number of nitro groups is 1. The molecular weight excluding hydrogens is 422 g/mol. The van der Waals surface area contributed by atoms with Gasteiger partial charge in [0.1, 0.15) is 10.6 Å². The lowest BCUT2D eigenvalue weighted by Crippen LogP contribution is -2.46. The molecule has 0 atom stereocenters. The van der Waals surface area contributed by atoms with Crippen molar-refractivity contribution in [3.8, 4) is 11.5 Å². The van der Waals surface area contributed by atoms with Gasteiger partial charge in [-0.15, -0.1) is 0 Å². The van der Waals surface area contributed by atoms with Crippen LogP contribution in [-0.2, 0) is 10.0 Å². The first kappa shape index (κ1) is 21.0. The topological polar surface area (TPSA) is 102 Å². The Bertz CT molecular complexity index is 1050. The van der Waals surface area contributed by atoms with Gasteiger partial charge in [0.15, 0.2) is 11.6 Å². The number of hydrogen-bond donors (Lipinski definition) is 1. The number of halogens is 4. The molecule has 0 unspecified atom stereocenters. The molecule has 0 amide bonds. The van der Waals surface area contributed by atoms with Crippen LogP contribution in [-0.4, -0.2) is 43.8 Å². The number of hydrogen-bond acceptors (Lipinski definition) is 6. The third-order valence-electron chi connectivity index (χ3n) is 4.12. The zero-order valence-corrected chi connectivity index (χ0v) is 15.3. The van der Waals surface area contributed by atoms with E-state index in [2.05, 4.69) is 5.32 Å². The molecule has 1 aliphatic rings. The normalized spacial score (nSPS) is 15.3. The number of benzene rings is 2. The highest BCUT2D eigenvalue weighted by atomic mass is 32.2. The minimum atomic E-state index is -4.38. The molecule has 0 bridgehead atoms. The molecule has 8 nitrogen and oxygen atoms in total. The van der Waals surface area contributed by atoms with Gasteiger partial charge in [-0.3, -0.25) is 10.1 Å². The second-order valence-corrected chi connectivity index (χ2v) is 7.85. The zero-order valence-electron chi connectivity index (χ0n) is 14.5. The zero-order chi connectivity index (χ0) is 21.3. The molecule has 3 rings (SSSR count). The predicted molar refractivity (Wildman–Crippen MR) is 91.1 cm³/mol. The summed E-state index contributed by atoms with van der Waals surface area (Å²) in [6, 6.07) is 2.23. The highest BCUT2D eigenvalue weighted by Crippen LogP contribution is 2.37. The van der Waals surface area contributed by atoms with Gasteiger partial charge < -0.3 is 10.1 Å². The first-order chi connectivity index (χ1) is 13.6. The number of sulfonamides is 1. The fourth-order valence-electron chi connectivity index (χ4n) is 2.67. The molecule has 13 heteroatoms. The van der Waals surface area contributed by atoms with Crippen LogP contribution in [0.15, 0.2) is 29.2 Å². The third-order valence-corrected chi connectivity index (χ3v) is 6.04. The molecule has 1 saturated heterocycles. The summed E-state index contributed by atoms with van der Waals surface area (Å²) in [7, 11) is -4.38. The van der Waals surface area contributed by atoms with Gasteiger partial charge in [-0.2, -0.15) is 13.1 Å². The predicted octanol–water partition coefficient (Wildman–Crippen LogP) is 2.54. The molecule has 0 aliphatic carbocycles. The van der Waals surface area contributed by atoms with E-state index in [0.29, 0.717) is 19.2 Å². The standard InChI is InChI=1S/C16H13F4N3O5S/c17-10-8-11(18)15(20)16(14(10)19)28-12-2-1-9(23(24)25)7-13(12)29(26,27)22-5-3-21-4-6-22/h1-2,7-8,21H,3-6H2. The van der Waals surface area contributed by atoms with Crippen LogP contribution in [0, 0.1) is 33.4 Å². The summed E-state index contributed by atoms with van der Waals surface area (Å²) in [5, 5.41) is 14.0. The Morgan fingerprint density at radius 2 is 1.62 bits per heavy atom. The number of non-ortho nitro benzene ring substituents is 1. The number of rotatable bonds is 5. The molecule has 1 heterocycles. The van der Waals surface area contributed by atoms with Crippen LogP contribution in [0.5, 0.6) is 11.5 Å². The largest absolute Gasteiger partial charge is 0.449 e. The average Bonchev–Trinajstić information content (AvgIpc) is 2.70. The molecule has 0 saturated carbocycles. The van der Waals surface area contributed by atoms with Gasteiger partial charge in [-0.1, -0.05) is 0 Å². The van der Waals surface area contributed by atoms with E-state index in [1.165, 1.54) is 0 Å². The molecule has 1 aliphatic heterocycles. The number of ether oxygens (including phenoxy) is 1. The van der Waals surface area contributed by atoms with E-state index in [1.54, 1.807) is 0 Å². The SMILES string of the molecule is O=[N+]([O-])c1ccc(Oc2c(F)c(F)cc(F)c2F)c(S(=O)(=O)N2CCNCC2)c1.